The molecule has 0 fully saturated rings. The van der Waals surface area contributed by atoms with Gasteiger partial charge in [0.25, 0.3) is 0 Å². The Hall–Kier alpha value is -1.91. The summed E-state index contributed by atoms with van der Waals surface area (Å²) in [7, 11) is 1.95. The molecule has 3 rings (SSSR count). The van der Waals surface area contributed by atoms with Gasteiger partial charge in [-0.15, -0.1) is 11.3 Å². The molecule has 0 aliphatic carbocycles. The van der Waals surface area contributed by atoms with Crippen molar-refractivity contribution < 1.29 is 4.42 Å². The van der Waals surface area contributed by atoms with E-state index in [1.54, 1.807) is 11.3 Å². The highest BCUT2D eigenvalue weighted by Gasteiger charge is 2.16. The molecule has 0 aliphatic rings. The van der Waals surface area contributed by atoms with Crippen LogP contribution in [0.1, 0.15) is 22.6 Å². The highest BCUT2D eigenvalue weighted by molar-refractivity contribution is 7.09. The molecule has 0 aliphatic heterocycles. The maximum atomic E-state index is 5.71. The van der Waals surface area contributed by atoms with Crippen LogP contribution in [-0.4, -0.2) is 12.0 Å². The number of aryl methyl sites for hydroxylation is 1. The van der Waals surface area contributed by atoms with Gasteiger partial charge in [0.1, 0.15) is 11.5 Å². The minimum atomic E-state index is 0.161. The van der Waals surface area contributed by atoms with Crippen molar-refractivity contribution >= 4 is 11.3 Å². The number of furan rings is 1. The predicted molar refractivity (Wildman–Crippen MR) is 86.5 cm³/mol. The average molecular weight is 298 g/mol. The topological polar surface area (TPSA) is 38.1 Å². The zero-order chi connectivity index (χ0) is 14.7. The number of nitrogens with one attached hydrogen (secondary N) is 1. The standard InChI is InChI=1S/C17H18N2OS/c1-12-8-9-16(20-12)14(18-2)10-17-19-15(11-21-17)13-6-4-3-5-7-13/h3-9,11,14,18H,10H2,1-2H3. The Balaban J connectivity index is 1.77. The van der Waals surface area contributed by atoms with Crippen molar-refractivity contribution in [1.82, 2.24) is 10.3 Å². The Morgan fingerprint density at radius 2 is 2.00 bits per heavy atom. The molecule has 1 unspecified atom stereocenters. The SMILES string of the molecule is CNC(Cc1nc(-c2ccccc2)cs1)c1ccc(C)o1. The molecule has 2 heterocycles. The van der Waals surface area contributed by atoms with E-state index in [9.17, 15) is 0 Å². The van der Waals surface area contributed by atoms with Crippen LogP contribution in [0.25, 0.3) is 11.3 Å². The van der Waals surface area contributed by atoms with E-state index in [1.165, 1.54) is 0 Å². The van der Waals surface area contributed by atoms with Crippen LogP contribution in [0.4, 0.5) is 0 Å². The van der Waals surface area contributed by atoms with Gasteiger partial charge in [-0.05, 0) is 26.1 Å². The highest BCUT2D eigenvalue weighted by Crippen LogP contribution is 2.26. The molecule has 0 bridgehead atoms. The minimum Gasteiger partial charge on any atom is -0.465 e. The summed E-state index contributed by atoms with van der Waals surface area (Å²) in [4.78, 5) is 4.74. The van der Waals surface area contributed by atoms with Gasteiger partial charge in [0, 0.05) is 17.4 Å². The number of hydrogen-bond acceptors (Lipinski definition) is 4. The van der Waals surface area contributed by atoms with Gasteiger partial charge in [-0.25, -0.2) is 4.98 Å². The molecule has 3 aromatic rings. The fourth-order valence-corrected chi connectivity index (χ4v) is 3.16. The van der Waals surface area contributed by atoms with Crippen LogP contribution in [-0.2, 0) is 6.42 Å². The molecule has 1 N–H and O–H groups in total. The van der Waals surface area contributed by atoms with Crippen molar-refractivity contribution in [2.75, 3.05) is 7.05 Å². The number of thiazole rings is 1. The lowest BCUT2D eigenvalue weighted by atomic mass is 10.1. The summed E-state index contributed by atoms with van der Waals surface area (Å²) in [6.07, 6.45) is 0.834. The number of likely N-dealkylation sites (N-methyl/N-ethyl adjacent to an activating group) is 1. The van der Waals surface area contributed by atoms with E-state index in [1.807, 2.05) is 44.3 Å². The van der Waals surface area contributed by atoms with Gasteiger partial charge in [-0.3, -0.25) is 0 Å². The van der Waals surface area contributed by atoms with Gasteiger partial charge in [-0.1, -0.05) is 30.3 Å². The molecular formula is C17H18N2OS. The van der Waals surface area contributed by atoms with E-state index in [2.05, 4.69) is 22.8 Å². The highest BCUT2D eigenvalue weighted by atomic mass is 32.1. The first-order valence-corrected chi connectivity index (χ1v) is 7.87. The van der Waals surface area contributed by atoms with E-state index >= 15 is 0 Å². The molecule has 0 saturated carbocycles. The second-order valence-corrected chi connectivity index (χ2v) is 5.93. The minimum absolute atomic E-state index is 0.161. The molecule has 4 heteroatoms. The first kappa shape index (κ1) is 14.0. The summed E-state index contributed by atoms with van der Waals surface area (Å²) >= 11 is 1.70. The monoisotopic (exact) mass is 298 g/mol. The maximum Gasteiger partial charge on any atom is 0.121 e. The van der Waals surface area contributed by atoms with Crippen molar-refractivity contribution in [1.29, 1.82) is 0 Å². The van der Waals surface area contributed by atoms with Crippen LogP contribution in [0, 0.1) is 6.92 Å². The molecule has 0 saturated heterocycles. The van der Waals surface area contributed by atoms with E-state index in [-0.39, 0.29) is 6.04 Å². The molecule has 21 heavy (non-hydrogen) atoms. The Kier molecular flexibility index (Phi) is 4.18. The maximum absolute atomic E-state index is 5.71. The van der Waals surface area contributed by atoms with Crippen LogP contribution in [0.2, 0.25) is 0 Å². The van der Waals surface area contributed by atoms with E-state index < -0.39 is 0 Å². The lowest BCUT2D eigenvalue weighted by molar-refractivity contribution is 0.414. The van der Waals surface area contributed by atoms with Crippen LogP contribution < -0.4 is 5.32 Å². The van der Waals surface area contributed by atoms with Crippen molar-refractivity contribution in [2.24, 2.45) is 0 Å². The fourth-order valence-electron chi connectivity index (χ4n) is 2.31. The molecule has 2 aromatic heterocycles. The molecule has 1 aromatic carbocycles. The second kappa shape index (κ2) is 6.24. The fraction of sp³-hybridized carbons (Fsp3) is 0.235. The molecule has 0 spiro atoms. The predicted octanol–water partition coefficient (Wildman–Crippen LogP) is 4.21. The number of aromatic nitrogens is 1. The largest absolute Gasteiger partial charge is 0.465 e. The first-order valence-electron chi connectivity index (χ1n) is 6.99. The number of rotatable bonds is 5. The molecular weight excluding hydrogens is 280 g/mol. The molecule has 0 amide bonds. The number of benzene rings is 1. The molecule has 3 nitrogen and oxygen atoms in total. The smallest absolute Gasteiger partial charge is 0.121 e. The zero-order valence-corrected chi connectivity index (χ0v) is 13.0. The lowest BCUT2D eigenvalue weighted by Crippen LogP contribution is -2.18. The van der Waals surface area contributed by atoms with E-state index in [4.69, 9.17) is 9.40 Å². The van der Waals surface area contributed by atoms with Crippen molar-refractivity contribution in [3.8, 4) is 11.3 Å². The molecule has 108 valence electrons. The van der Waals surface area contributed by atoms with Crippen LogP contribution >= 0.6 is 11.3 Å². The Labute approximate surface area is 128 Å². The molecule has 1 atom stereocenters. The quantitative estimate of drug-likeness (QED) is 0.766. The summed E-state index contributed by atoms with van der Waals surface area (Å²) < 4.78 is 5.71. The third-order valence-electron chi connectivity index (χ3n) is 3.45. The zero-order valence-electron chi connectivity index (χ0n) is 12.2. The van der Waals surface area contributed by atoms with Crippen LogP contribution in [0.5, 0.6) is 0 Å². The van der Waals surface area contributed by atoms with Crippen molar-refractivity contribution in [3.05, 3.63) is 64.4 Å². The lowest BCUT2D eigenvalue weighted by Gasteiger charge is -2.11. The van der Waals surface area contributed by atoms with Gasteiger partial charge >= 0.3 is 0 Å². The Morgan fingerprint density at radius 1 is 1.19 bits per heavy atom. The first-order chi connectivity index (χ1) is 10.3. The van der Waals surface area contributed by atoms with Crippen LogP contribution in [0.3, 0.4) is 0 Å². The summed E-state index contributed by atoms with van der Waals surface area (Å²) in [5, 5.41) is 6.53. The van der Waals surface area contributed by atoms with Gasteiger partial charge in [-0.2, -0.15) is 0 Å². The summed E-state index contributed by atoms with van der Waals surface area (Å²) in [5.74, 6) is 1.90. The van der Waals surface area contributed by atoms with E-state index in [0.29, 0.717) is 0 Å². The second-order valence-electron chi connectivity index (χ2n) is 4.99. The normalized spacial score (nSPS) is 12.5. The molecule has 0 radical (unpaired) electrons. The third kappa shape index (κ3) is 3.23. The summed E-state index contributed by atoms with van der Waals surface area (Å²) in [5.41, 5.74) is 2.20. The van der Waals surface area contributed by atoms with Crippen LogP contribution in [0.15, 0.2) is 52.3 Å². The van der Waals surface area contributed by atoms with Crippen molar-refractivity contribution in [2.45, 2.75) is 19.4 Å². The Bertz CT molecular complexity index is 702. The summed E-state index contributed by atoms with van der Waals surface area (Å²) in [6, 6.07) is 14.5. The van der Waals surface area contributed by atoms with Gasteiger partial charge in [0.05, 0.1) is 16.7 Å². The number of hydrogen-bond donors (Lipinski definition) is 1. The van der Waals surface area contributed by atoms with Gasteiger partial charge in [0.2, 0.25) is 0 Å². The van der Waals surface area contributed by atoms with Crippen molar-refractivity contribution in [3.63, 3.8) is 0 Å². The summed E-state index contributed by atoms with van der Waals surface area (Å²) in [6.45, 7) is 1.97. The van der Waals surface area contributed by atoms with Gasteiger partial charge < -0.3 is 9.73 Å². The number of nitrogens with zero attached hydrogens (tertiary/aromatic N) is 1. The Morgan fingerprint density at radius 3 is 2.67 bits per heavy atom. The van der Waals surface area contributed by atoms with Gasteiger partial charge in [0.15, 0.2) is 0 Å². The average Bonchev–Trinajstić information content (AvgIpc) is 3.15. The van der Waals surface area contributed by atoms with E-state index in [0.717, 1.165) is 34.2 Å². The third-order valence-corrected chi connectivity index (χ3v) is 4.32.